The van der Waals surface area contributed by atoms with Gasteiger partial charge in [0.05, 0.1) is 13.0 Å². The summed E-state index contributed by atoms with van der Waals surface area (Å²) in [6.45, 7) is 8.47. The number of rotatable bonds is 3. The van der Waals surface area contributed by atoms with E-state index in [2.05, 4.69) is 49.0 Å². The summed E-state index contributed by atoms with van der Waals surface area (Å²) >= 11 is 0. The first kappa shape index (κ1) is 20.1. The highest BCUT2D eigenvalue weighted by molar-refractivity contribution is 7.95. The van der Waals surface area contributed by atoms with Gasteiger partial charge < -0.3 is 0 Å². The third-order valence-corrected chi connectivity index (χ3v) is 10.1. The minimum atomic E-state index is -3.80. The molecule has 3 aromatic rings. The number of hydrogen-bond donors (Lipinski definition) is 0. The molecule has 0 amide bonds. The molecule has 0 radical (unpaired) electrons. The lowest BCUT2D eigenvalue weighted by Gasteiger charge is -2.33. The van der Waals surface area contributed by atoms with Crippen LogP contribution in [-0.2, 0) is 15.4 Å². The molecule has 1 aliphatic heterocycles. The molecule has 6 heteroatoms. The van der Waals surface area contributed by atoms with Crippen LogP contribution in [0.25, 0.3) is 11.1 Å². The van der Waals surface area contributed by atoms with E-state index in [0.717, 1.165) is 33.0 Å². The maximum absolute atomic E-state index is 13.8. The highest BCUT2D eigenvalue weighted by Gasteiger charge is 2.55. The third-order valence-electron chi connectivity index (χ3n) is 6.13. The van der Waals surface area contributed by atoms with Gasteiger partial charge in [0.25, 0.3) is 0 Å². The van der Waals surface area contributed by atoms with E-state index in [4.69, 9.17) is 5.11 Å². The van der Waals surface area contributed by atoms with E-state index < -0.39 is 23.5 Å². The molecule has 0 N–H and O–H groups in total. The van der Waals surface area contributed by atoms with Crippen molar-refractivity contribution in [2.45, 2.75) is 37.0 Å². The van der Waals surface area contributed by atoms with Crippen LogP contribution < -0.4 is 0 Å². The first-order chi connectivity index (χ1) is 14.7. The molecule has 156 valence electrons. The molecule has 0 atom stereocenters. The van der Waals surface area contributed by atoms with E-state index in [0.29, 0.717) is 0 Å². The molecule has 1 spiro atoms. The molecule has 3 aromatic carbocycles. The molecule has 0 unspecified atom stereocenters. The predicted octanol–water partition coefficient (Wildman–Crippen LogP) is 6.25. The van der Waals surface area contributed by atoms with Crippen LogP contribution in [0.15, 0.2) is 98.1 Å². The molecule has 0 fully saturated rings. The second-order valence-electron chi connectivity index (χ2n) is 9.25. The van der Waals surface area contributed by atoms with E-state index in [9.17, 15) is 8.42 Å². The van der Waals surface area contributed by atoms with Crippen LogP contribution in [0.1, 0.15) is 16.7 Å². The molecule has 0 saturated carbocycles. The van der Waals surface area contributed by atoms with Crippen LogP contribution in [0, 0.1) is 6.92 Å². The maximum atomic E-state index is 13.8. The van der Waals surface area contributed by atoms with E-state index in [1.165, 1.54) is 0 Å². The number of fused-ring (bicyclic) bond motifs is 5. The molecule has 4 nitrogen and oxygen atoms in total. The van der Waals surface area contributed by atoms with Gasteiger partial charge in [-0.3, -0.25) is 0 Å². The summed E-state index contributed by atoms with van der Waals surface area (Å²) in [7, 11) is -6.00. The summed E-state index contributed by atoms with van der Waals surface area (Å²) in [5.74, 6) is 0. The highest BCUT2D eigenvalue weighted by Crippen LogP contribution is 2.59. The Morgan fingerprint density at radius 2 is 1.29 bits per heavy atom. The van der Waals surface area contributed by atoms with E-state index >= 15 is 0 Å². The fourth-order valence-electron chi connectivity index (χ4n) is 4.84. The predicted molar refractivity (Wildman–Crippen MR) is 126 cm³/mol. The number of aryl methyl sites for hydroxylation is 1. The fraction of sp³-hybridized carbons (Fsp3) is 0.200. The maximum Gasteiger partial charge on any atom is 0.225 e. The van der Waals surface area contributed by atoms with Crippen LogP contribution in [0.4, 0.5) is 0 Å². The smallest absolute Gasteiger partial charge is 0.217 e. The molecule has 1 heterocycles. The summed E-state index contributed by atoms with van der Waals surface area (Å²) in [5, 5.41) is 10.2. The van der Waals surface area contributed by atoms with Crippen molar-refractivity contribution < 1.29 is 8.42 Å². The Labute approximate surface area is 184 Å². The van der Waals surface area contributed by atoms with Crippen molar-refractivity contribution in [3.8, 4) is 11.1 Å². The molecular weight excluding hydrogens is 420 g/mol. The number of azo groups is 1. The largest absolute Gasteiger partial charge is 0.225 e. The van der Waals surface area contributed by atoms with Crippen LogP contribution in [0.3, 0.4) is 0 Å². The Bertz CT molecular complexity index is 1340. The Morgan fingerprint density at radius 3 is 1.81 bits per heavy atom. The first-order valence-corrected chi connectivity index (χ1v) is 15.3. The molecular formula is C25H24N2O2SSi. The van der Waals surface area contributed by atoms with Gasteiger partial charge in [-0.15, -0.1) is 5.11 Å². The van der Waals surface area contributed by atoms with Crippen molar-refractivity contribution in [2.75, 3.05) is 0 Å². The zero-order chi connectivity index (χ0) is 22.0. The lowest BCUT2D eigenvalue weighted by molar-refractivity contribution is 0.601. The molecule has 0 aromatic heterocycles. The number of sulfone groups is 1. The van der Waals surface area contributed by atoms with Gasteiger partial charge >= 0.3 is 0 Å². The lowest BCUT2D eigenvalue weighted by atomic mass is 9.88. The standard InChI is InChI=1S/C25H24N2O2SSi/c1-17-13-15-18(16-14-17)30(28,29)24-23(31(2,3)4)25(27-26-24)21-11-7-5-9-19(21)20-10-6-8-12-22(20)25/h5-16H,1-4H3. The van der Waals surface area contributed by atoms with Crippen molar-refractivity contribution in [3.05, 3.63) is 99.7 Å². The van der Waals surface area contributed by atoms with E-state index in [1.54, 1.807) is 12.1 Å². The first-order valence-electron chi connectivity index (χ1n) is 10.4. The van der Waals surface area contributed by atoms with Gasteiger partial charge in [-0.05, 0) is 46.5 Å². The topological polar surface area (TPSA) is 58.9 Å². The Hall–Kier alpha value is -2.83. The zero-order valence-electron chi connectivity index (χ0n) is 18.0. The Balaban J connectivity index is 1.87. The van der Waals surface area contributed by atoms with Gasteiger partial charge in [0.1, 0.15) is 0 Å². The molecule has 1 aliphatic carbocycles. The van der Waals surface area contributed by atoms with Gasteiger partial charge in [0, 0.05) is 0 Å². The fourth-order valence-corrected chi connectivity index (χ4v) is 9.55. The third kappa shape index (κ3) is 2.75. The van der Waals surface area contributed by atoms with Gasteiger partial charge in [-0.1, -0.05) is 85.9 Å². The second kappa shape index (κ2) is 6.58. The summed E-state index contributed by atoms with van der Waals surface area (Å²) in [6.07, 6.45) is 0. The molecule has 2 aliphatic rings. The van der Waals surface area contributed by atoms with Crippen LogP contribution >= 0.6 is 0 Å². The minimum absolute atomic E-state index is 0.127. The molecule has 5 rings (SSSR count). The van der Waals surface area contributed by atoms with Gasteiger partial charge in [-0.2, -0.15) is 5.11 Å². The Morgan fingerprint density at radius 1 is 0.774 bits per heavy atom. The average Bonchev–Trinajstić information content (AvgIpc) is 3.28. The van der Waals surface area contributed by atoms with Crippen molar-refractivity contribution >= 4 is 17.9 Å². The van der Waals surface area contributed by atoms with E-state index in [-0.39, 0.29) is 9.92 Å². The Kier molecular flexibility index (Phi) is 4.26. The summed E-state index contributed by atoms with van der Waals surface area (Å²) in [4.78, 5) is 0.263. The summed E-state index contributed by atoms with van der Waals surface area (Å²) in [5.41, 5.74) is 4.38. The molecule has 31 heavy (non-hydrogen) atoms. The quantitative estimate of drug-likeness (QED) is 0.448. The van der Waals surface area contributed by atoms with Crippen molar-refractivity contribution in [3.63, 3.8) is 0 Å². The zero-order valence-corrected chi connectivity index (χ0v) is 19.9. The summed E-state index contributed by atoms with van der Waals surface area (Å²) < 4.78 is 27.6. The lowest BCUT2D eigenvalue weighted by Crippen LogP contribution is -2.39. The van der Waals surface area contributed by atoms with Crippen molar-refractivity contribution in [1.82, 2.24) is 0 Å². The van der Waals surface area contributed by atoms with Crippen LogP contribution in [0.5, 0.6) is 0 Å². The van der Waals surface area contributed by atoms with Gasteiger partial charge in [0.15, 0.2) is 10.6 Å². The van der Waals surface area contributed by atoms with Crippen molar-refractivity contribution in [1.29, 1.82) is 0 Å². The van der Waals surface area contributed by atoms with Gasteiger partial charge in [-0.25, -0.2) is 8.42 Å². The normalized spacial score (nSPS) is 16.6. The van der Waals surface area contributed by atoms with Gasteiger partial charge in [0.2, 0.25) is 9.84 Å². The highest BCUT2D eigenvalue weighted by atomic mass is 32.2. The van der Waals surface area contributed by atoms with Crippen molar-refractivity contribution in [2.24, 2.45) is 10.2 Å². The average molecular weight is 445 g/mol. The second-order valence-corrected chi connectivity index (χ2v) is 16.1. The molecule has 0 saturated heterocycles. The molecule has 0 bridgehead atoms. The van der Waals surface area contributed by atoms with Crippen LogP contribution in [-0.4, -0.2) is 16.5 Å². The number of nitrogens with zero attached hydrogens (tertiary/aromatic N) is 2. The number of benzene rings is 3. The summed E-state index contributed by atoms with van der Waals surface area (Å²) in [6, 6.07) is 23.3. The number of hydrogen-bond acceptors (Lipinski definition) is 4. The SMILES string of the molecule is Cc1ccc(S(=O)(=O)C2=C([Si](C)(C)C)C3(N=N2)c2ccccc2-c2ccccc23)cc1. The van der Waals surface area contributed by atoms with Crippen LogP contribution in [0.2, 0.25) is 19.6 Å². The minimum Gasteiger partial charge on any atom is -0.217 e. The van der Waals surface area contributed by atoms with E-state index in [1.807, 2.05) is 43.3 Å². The monoisotopic (exact) mass is 444 g/mol.